The van der Waals surface area contributed by atoms with Gasteiger partial charge >= 0.3 is 12.1 Å². The first-order valence-corrected chi connectivity index (χ1v) is 8.36. The molecule has 0 aliphatic heterocycles. The van der Waals surface area contributed by atoms with Crippen LogP contribution in [-0.2, 0) is 19.1 Å². The minimum atomic E-state index is -1.60. The fourth-order valence-corrected chi connectivity index (χ4v) is 3.07. The van der Waals surface area contributed by atoms with Crippen molar-refractivity contribution in [1.82, 2.24) is 15.5 Å². The molecule has 1 rings (SSSR count). The fourth-order valence-electron chi connectivity index (χ4n) is 3.07. The molecule has 0 aromatic carbocycles. The zero-order valence-corrected chi connectivity index (χ0v) is 14.9. The van der Waals surface area contributed by atoms with Gasteiger partial charge in [0.05, 0.1) is 6.61 Å². The maximum Gasteiger partial charge on any atom is 0.408 e. The minimum Gasteiger partial charge on any atom is -0.479 e. The monoisotopic (exact) mass is 357 g/mol. The van der Waals surface area contributed by atoms with Crippen molar-refractivity contribution in [3.05, 3.63) is 0 Å². The maximum atomic E-state index is 12.0. The van der Waals surface area contributed by atoms with Crippen LogP contribution in [0, 0.1) is 5.92 Å². The van der Waals surface area contributed by atoms with E-state index in [0.717, 1.165) is 6.42 Å². The Morgan fingerprint density at radius 3 is 2.60 bits per heavy atom. The van der Waals surface area contributed by atoms with Gasteiger partial charge in [-0.05, 0) is 12.8 Å². The molecule has 142 valence electrons. The summed E-state index contributed by atoms with van der Waals surface area (Å²) in [6.07, 6.45) is 1.73. The largest absolute Gasteiger partial charge is 0.479 e. The molecule has 0 radical (unpaired) electrons. The molecular weight excluding hydrogens is 330 g/mol. The smallest absolute Gasteiger partial charge is 0.408 e. The van der Waals surface area contributed by atoms with Gasteiger partial charge in [0.15, 0.2) is 0 Å². The second-order valence-corrected chi connectivity index (χ2v) is 6.39. The van der Waals surface area contributed by atoms with E-state index in [2.05, 4.69) is 10.6 Å². The molecule has 9 heteroatoms. The van der Waals surface area contributed by atoms with Crippen molar-refractivity contribution < 1.29 is 29.0 Å². The standard InChI is InChI=1S/C16H27N3O6/c1-4-5-6-25-15(24)18-16(14(22)23)8-13(19(3)10-20)7-12(16)9-17-11(2)21/h10,12-13H,4-9H2,1-3H3,(H,17,21)(H,18,24)(H,22,23). The van der Waals surface area contributed by atoms with Crippen LogP contribution in [0.3, 0.4) is 0 Å². The lowest BCUT2D eigenvalue weighted by atomic mass is 9.87. The number of carbonyl (C=O) groups is 4. The SMILES string of the molecule is CCCCOC(=O)NC1(C(=O)O)CC(N(C)C=O)CC1CNC(C)=O. The number of hydrogen-bond acceptors (Lipinski definition) is 5. The van der Waals surface area contributed by atoms with E-state index < -0.39 is 23.5 Å². The summed E-state index contributed by atoms with van der Waals surface area (Å²) in [6, 6.07) is -0.358. The number of alkyl carbamates (subject to hydrolysis) is 1. The van der Waals surface area contributed by atoms with Crippen LogP contribution in [0.25, 0.3) is 0 Å². The van der Waals surface area contributed by atoms with Crippen LogP contribution in [0.2, 0.25) is 0 Å². The maximum absolute atomic E-state index is 12.0. The Balaban J connectivity index is 2.98. The summed E-state index contributed by atoms with van der Waals surface area (Å²) >= 11 is 0. The average Bonchev–Trinajstić information content (AvgIpc) is 2.92. The molecule has 25 heavy (non-hydrogen) atoms. The molecule has 1 fully saturated rings. The van der Waals surface area contributed by atoms with Gasteiger partial charge in [-0.3, -0.25) is 9.59 Å². The molecule has 0 heterocycles. The Bertz CT molecular complexity index is 512. The third-order valence-electron chi connectivity index (χ3n) is 4.59. The van der Waals surface area contributed by atoms with E-state index in [1.165, 1.54) is 11.8 Å². The predicted molar refractivity (Wildman–Crippen MR) is 88.8 cm³/mol. The lowest BCUT2D eigenvalue weighted by Gasteiger charge is -2.32. The molecule has 0 aromatic heterocycles. The minimum absolute atomic E-state index is 0.0463. The molecular formula is C16H27N3O6. The Labute approximate surface area is 147 Å². The summed E-state index contributed by atoms with van der Waals surface area (Å²) in [5.74, 6) is -2.07. The quantitative estimate of drug-likeness (QED) is 0.404. The van der Waals surface area contributed by atoms with Crippen LogP contribution in [0.5, 0.6) is 0 Å². The summed E-state index contributed by atoms with van der Waals surface area (Å²) in [5, 5.41) is 14.9. The molecule has 0 bridgehead atoms. The van der Waals surface area contributed by atoms with Crippen molar-refractivity contribution >= 4 is 24.4 Å². The van der Waals surface area contributed by atoms with Crippen LogP contribution < -0.4 is 10.6 Å². The van der Waals surface area contributed by atoms with Gasteiger partial charge in [-0.15, -0.1) is 0 Å². The number of aliphatic carboxylic acids is 1. The number of nitrogens with one attached hydrogen (secondary N) is 2. The lowest BCUT2D eigenvalue weighted by molar-refractivity contribution is -0.146. The molecule has 3 atom stereocenters. The highest BCUT2D eigenvalue weighted by atomic mass is 16.5. The van der Waals surface area contributed by atoms with Gasteiger partial charge in [0.25, 0.3) is 0 Å². The molecule has 9 nitrogen and oxygen atoms in total. The number of unbranched alkanes of at least 4 members (excludes halogenated alkanes) is 1. The van der Waals surface area contributed by atoms with Gasteiger partial charge in [-0.1, -0.05) is 13.3 Å². The highest BCUT2D eigenvalue weighted by Gasteiger charge is 2.55. The van der Waals surface area contributed by atoms with E-state index in [1.54, 1.807) is 7.05 Å². The van der Waals surface area contributed by atoms with Crippen molar-refractivity contribution in [3.8, 4) is 0 Å². The Kier molecular flexibility index (Phi) is 7.66. The Morgan fingerprint density at radius 1 is 1.40 bits per heavy atom. The molecule has 3 unspecified atom stereocenters. The van der Waals surface area contributed by atoms with E-state index in [4.69, 9.17) is 4.74 Å². The lowest BCUT2D eigenvalue weighted by Crippen LogP contribution is -2.59. The van der Waals surface area contributed by atoms with Crippen LogP contribution >= 0.6 is 0 Å². The van der Waals surface area contributed by atoms with E-state index in [9.17, 15) is 24.3 Å². The van der Waals surface area contributed by atoms with Crippen molar-refractivity contribution in [2.24, 2.45) is 5.92 Å². The van der Waals surface area contributed by atoms with E-state index >= 15 is 0 Å². The number of carboxylic acid groups (broad SMARTS) is 1. The second-order valence-electron chi connectivity index (χ2n) is 6.39. The topological polar surface area (TPSA) is 125 Å². The molecule has 1 saturated carbocycles. The number of hydrogen-bond donors (Lipinski definition) is 3. The van der Waals surface area contributed by atoms with Gasteiger partial charge < -0.3 is 25.4 Å². The van der Waals surface area contributed by atoms with Crippen LogP contribution in [-0.4, -0.2) is 66.2 Å². The Hall–Kier alpha value is -2.32. The molecule has 0 spiro atoms. The highest BCUT2D eigenvalue weighted by Crippen LogP contribution is 2.38. The van der Waals surface area contributed by atoms with Crippen molar-refractivity contribution in [2.45, 2.75) is 51.1 Å². The summed E-state index contributed by atoms with van der Waals surface area (Å²) in [5.41, 5.74) is -1.60. The number of amides is 3. The van der Waals surface area contributed by atoms with Crippen LogP contribution in [0.4, 0.5) is 4.79 Å². The number of carbonyl (C=O) groups excluding carboxylic acids is 3. The normalized spacial score (nSPS) is 25.1. The first-order valence-electron chi connectivity index (χ1n) is 8.36. The van der Waals surface area contributed by atoms with Gasteiger partial charge in [-0.25, -0.2) is 9.59 Å². The van der Waals surface area contributed by atoms with E-state index in [0.29, 0.717) is 19.3 Å². The Morgan fingerprint density at radius 2 is 2.08 bits per heavy atom. The number of rotatable bonds is 9. The molecule has 3 amide bonds. The number of ether oxygens (including phenoxy) is 1. The molecule has 3 N–H and O–H groups in total. The molecule has 0 saturated heterocycles. The van der Waals surface area contributed by atoms with Crippen molar-refractivity contribution in [1.29, 1.82) is 0 Å². The average molecular weight is 357 g/mol. The number of nitrogens with zero attached hydrogens (tertiary/aromatic N) is 1. The zero-order valence-electron chi connectivity index (χ0n) is 14.9. The zero-order chi connectivity index (χ0) is 19.0. The van der Waals surface area contributed by atoms with E-state index in [1.807, 2.05) is 6.92 Å². The van der Waals surface area contributed by atoms with Crippen LogP contribution in [0.15, 0.2) is 0 Å². The fraction of sp³-hybridized carbons (Fsp3) is 0.750. The first kappa shape index (κ1) is 20.7. The van der Waals surface area contributed by atoms with Gasteiger partial charge in [0.2, 0.25) is 12.3 Å². The summed E-state index contributed by atoms with van der Waals surface area (Å²) < 4.78 is 5.03. The molecule has 0 aromatic rings. The van der Waals surface area contributed by atoms with Crippen LogP contribution in [0.1, 0.15) is 39.5 Å². The van der Waals surface area contributed by atoms with Gasteiger partial charge in [0.1, 0.15) is 5.54 Å². The third-order valence-corrected chi connectivity index (χ3v) is 4.59. The third kappa shape index (κ3) is 5.33. The summed E-state index contributed by atoms with van der Waals surface area (Å²) in [4.78, 5) is 47.7. The number of carboxylic acids is 1. The second kappa shape index (κ2) is 9.24. The predicted octanol–water partition coefficient (Wildman–Crippen LogP) is 0.339. The summed E-state index contributed by atoms with van der Waals surface area (Å²) in [7, 11) is 1.56. The van der Waals surface area contributed by atoms with E-state index in [-0.39, 0.29) is 31.5 Å². The van der Waals surface area contributed by atoms with Crippen molar-refractivity contribution in [2.75, 3.05) is 20.2 Å². The highest BCUT2D eigenvalue weighted by molar-refractivity contribution is 5.85. The van der Waals surface area contributed by atoms with Gasteiger partial charge in [0, 0.05) is 38.9 Å². The van der Waals surface area contributed by atoms with Crippen molar-refractivity contribution in [3.63, 3.8) is 0 Å². The summed E-state index contributed by atoms with van der Waals surface area (Å²) in [6.45, 7) is 3.56. The molecule has 1 aliphatic rings. The van der Waals surface area contributed by atoms with Gasteiger partial charge in [-0.2, -0.15) is 0 Å². The molecule has 1 aliphatic carbocycles. The first-order chi connectivity index (χ1) is 11.8.